The second-order valence-corrected chi connectivity index (χ2v) is 6.03. The van der Waals surface area contributed by atoms with Gasteiger partial charge >= 0.3 is 0 Å². The van der Waals surface area contributed by atoms with Gasteiger partial charge in [0.25, 0.3) is 0 Å². The zero-order chi connectivity index (χ0) is 18.2. The zero-order valence-corrected chi connectivity index (χ0v) is 14.6. The summed E-state index contributed by atoms with van der Waals surface area (Å²) < 4.78 is 5.54. The number of rotatable bonds is 8. The van der Waals surface area contributed by atoms with E-state index in [1.165, 1.54) is 0 Å². The molecule has 136 valence electrons. The van der Waals surface area contributed by atoms with E-state index in [1.54, 1.807) is 4.90 Å². The van der Waals surface area contributed by atoms with Crippen LogP contribution < -0.4 is 20.3 Å². The molecule has 1 saturated heterocycles. The molecule has 0 radical (unpaired) electrons. The number of hydrogen-bond acceptors (Lipinski definition) is 4. The number of hydrogen-bond donors (Lipinski definition) is 2. The number of carbonyl (C=O) groups excluding carboxylic acids is 2. The molecule has 1 aliphatic rings. The van der Waals surface area contributed by atoms with Gasteiger partial charge in [0.15, 0.2) is 0 Å². The van der Waals surface area contributed by atoms with Gasteiger partial charge in [-0.3, -0.25) is 9.59 Å². The van der Waals surface area contributed by atoms with Crippen molar-refractivity contribution < 1.29 is 14.3 Å². The van der Waals surface area contributed by atoms with Crippen molar-refractivity contribution in [2.75, 3.05) is 36.5 Å². The summed E-state index contributed by atoms with van der Waals surface area (Å²) in [6.45, 7) is 1.71. The van der Waals surface area contributed by atoms with Gasteiger partial charge in [0.1, 0.15) is 12.4 Å². The number of nitrogens with zero attached hydrogens (tertiary/aromatic N) is 1. The molecule has 2 amide bonds. The highest BCUT2D eigenvalue weighted by molar-refractivity contribution is 5.98. The Balaban J connectivity index is 1.44. The lowest BCUT2D eigenvalue weighted by molar-refractivity contribution is -0.119. The fraction of sp³-hybridized carbons (Fsp3) is 0.300. The van der Waals surface area contributed by atoms with E-state index in [9.17, 15) is 9.59 Å². The Morgan fingerprint density at radius 1 is 1.08 bits per heavy atom. The number of benzene rings is 2. The number of amides is 2. The van der Waals surface area contributed by atoms with Gasteiger partial charge < -0.3 is 20.3 Å². The Bertz CT molecular complexity index is 749. The van der Waals surface area contributed by atoms with Crippen LogP contribution in [0.1, 0.15) is 12.8 Å². The first kappa shape index (κ1) is 17.8. The highest BCUT2D eigenvalue weighted by Crippen LogP contribution is 2.29. The molecular formula is C20H23N3O3. The predicted octanol–water partition coefficient (Wildman–Crippen LogP) is 2.42. The average molecular weight is 353 g/mol. The van der Waals surface area contributed by atoms with Crippen LogP contribution in [-0.2, 0) is 9.59 Å². The molecule has 0 bridgehead atoms. The van der Waals surface area contributed by atoms with Gasteiger partial charge in [-0.05, 0) is 30.7 Å². The van der Waals surface area contributed by atoms with Gasteiger partial charge in [0.2, 0.25) is 11.8 Å². The Kier molecular flexibility index (Phi) is 6.09. The molecule has 6 nitrogen and oxygen atoms in total. The average Bonchev–Trinajstić information content (AvgIpc) is 3.10. The molecule has 0 spiro atoms. The summed E-state index contributed by atoms with van der Waals surface area (Å²) in [6.07, 6.45) is 1.45. The molecule has 3 rings (SSSR count). The predicted molar refractivity (Wildman–Crippen MR) is 101 cm³/mol. The molecule has 1 aliphatic heterocycles. The monoisotopic (exact) mass is 353 g/mol. The SMILES string of the molecule is O=C(CNc1ccccc1N1CCCC1=O)NCCOc1ccccc1. The summed E-state index contributed by atoms with van der Waals surface area (Å²) in [6, 6.07) is 17.0. The normalized spacial score (nSPS) is 13.5. The lowest BCUT2D eigenvalue weighted by Gasteiger charge is -2.20. The van der Waals surface area contributed by atoms with E-state index in [1.807, 2.05) is 54.6 Å². The zero-order valence-electron chi connectivity index (χ0n) is 14.6. The summed E-state index contributed by atoms with van der Waals surface area (Å²) in [5.41, 5.74) is 1.62. The number of ether oxygens (including phenoxy) is 1. The standard InChI is InChI=1S/C20H23N3O3/c24-19(21-12-14-26-16-7-2-1-3-8-16)15-22-17-9-4-5-10-18(17)23-13-6-11-20(23)25/h1-5,7-10,22H,6,11-15H2,(H,21,24). The van der Waals surface area contributed by atoms with Crippen LogP contribution in [0.5, 0.6) is 5.75 Å². The number of para-hydroxylation sites is 3. The molecule has 6 heteroatoms. The lowest BCUT2D eigenvalue weighted by Crippen LogP contribution is -2.33. The molecule has 0 aliphatic carbocycles. The molecule has 0 aromatic heterocycles. The van der Waals surface area contributed by atoms with E-state index in [0.717, 1.165) is 30.1 Å². The van der Waals surface area contributed by atoms with E-state index >= 15 is 0 Å². The van der Waals surface area contributed by atoms with E-state index in [-0.39, 0.29) is 18.4 Å². The molecular weight excluding hydrogens is 330 g/mol. The highest BCUT2D eigenvalue weighted by atomic mass is 16.5. The summed E-state index contributed by atoms with van der Waals surface area (Å²) in [5.74, 6) is 0.787. The van der Waals surface area contributed by atoms with Crippen LogP contribution in [-0.4, -0.2) is 38.1 Å². The Hall–Kier alpha value is -3.02. The van der Waals surface area contributed by atoms with Gasteiger partial charge in [0, 0.05) is 13.0 Å². The molecule has 0 atom stereocenters. The second kappa shape index (κ2) is 8.89. The summed E-state index contributed by atoms with van der Waals surface area (Å²) in [4.78, 5) is 25.7. The molecule has 26 heavy (non-hydrogen) atoms. The Morgan fingerprint density at radius 2 is 1.85 bits per heavy atom. The van der Waals surface area contributed by atoms with Crippen LogP contribution in [0.25, 0.3) is 0 Å². The second-order valence-electron chi connectivity index (χ2n) is 6.03. The first-order chi connectivity index (χ1) is 12.7. The molecule has 2 aromatic carbocycles. The maximum Gasteiger partial charge on any atom is 0.239 e. The van der Waals surface area contributed by atoms with Crippen molar-refractivity contribution in [3.05, 3.63) is 54.6 Å². The van der Waals surface area contributed by atoms with Crippen LogP contribution in [0.4, 0.5) is 11.4 Å². The van der Waals surface area contributed by atoms with Crippen molar-refractivity contribution in [2.45, 2.75) is 12.8 Å². The van der Waals surface area contributed by atoms with Gasteiger partial charge in [-0.25, -0.2) is 0 Å². The topological polar surface area (TPSA) is 70.7 Å². The summed E-state index contributed by atoms with van der Waals surface area (Å²) >= 11 is 0. The van der Waals surface area contributed by atoms with Crippen molar-refractivity contribution >= 4 is 23.2 Å². The summed E-state index contributed by atoms with van der Waals surface area (Å²) in [5, 5.41) is 5.94. The highest BCUT2D eigenvalue weighted by Gasteiger charge is 2.23. The maximum absolute atomic E-state index is 12.0. The fourth-order valence-electron chi connectivity index (χ4n) is 2.88. The first-order valence-corrected chi connectivity index (χ1v) is 8.82. The quantitative estimate of drug-likeness (QED) is 0.715. The Labute approximate surface area is 153 Å². The summed E-state index contributed by atoms with van der Waals surface area (Å²) in [7, 11) is 0. The van der Waals surface area contributed by atoms with Crippen molar-refractivity contribution in [3.8, 4) is 5.75 Å². The minimum Gasteiger partial charge on any atom is -0.492 e. The molecule has 0 unspecified atom stereocenters. The van der Waals surface area contributed by atoms with E-state index in [4.69, 9.17) is 4.74 Å². The molecule has 2 N–H and O–H groups in total. The Morgan fingerprint density at radius 3 is 2.62 bits per heavy atom. The van der Waals surface area contributed by atoms with E-state index < -0.39 is 0 Å². The van der Waals surface area contributed by atoms with Crippen molar-refractivity contribution in [1.82, 2.24) is 5.32 Å². The van der Waals surface area contributed by atoms with Gasteiger partial charge in [0.05, 0.1) is 24.5 Å². The van der Waals surface area contributed by atoms with Crippen LogP contribution in [0.2, 0.25) is 0 Å². The van der Waals surface area contributed by atoms with Gasteiger partial charge in [-0.15, -0.1) is 0 Å². The maximum atomic E-state index is 12.0. The molecule has 0 saturated carbocycles. The van der Waals surface area contributed by atoms with Crippen LogP contribution >= 0.6 is 0 Å². The number of nitrogens with one attached hydrogen (secondary N) is 2. The number of anilines is 2. The minimum atomic E-state index is -0.121. The van der Waals surface area contributed by atoms with Crippen LogP contribution in [0.3, 0.4) is 0 Å². The van der Waals surface area contributed by atoms with E-state index in [2.05, 4.69) is 10.6 Å². The van der Waals surface area contributed by atoms with Crippen molar-refractivity contribution in [2.24, 2.45) is 0 Å². The van der Waals surface area contributed by atoms with Crippen molar-refractivity contribution in [1.29, 1.82) is 0 Å². The third kappa shape index (κ3) is 4.75. The fourth-order valence-corrected chi connectivity index (χ4v) is 2.88. The smallest absolute Gasteiger partial charge is 0.239 e. The largest absolute Gasteiger partial charge is 0.492 e. The third-order valence-electron chi connectivity index (χ3n) is 4.14. The number of carbonyl (C=O) groups is 2. The van der Waals surface area contributed by atoms with Gasteiger partial charge in [-0.1, -0.05) is 30.3 Å². The lowest BCUT2D eigenvalue weighted by atomic mass is 10.2. The molecule has 1 heterocycles. The van der Waals surface area contributed by atoms with Gasteiger partial charge in [-0.2, -0.15) is 0 Å². The molecule has 1 fully saturated rings. The van der Waals surface area contributed by atoms with Crippen LogP contribution in [0, 0.1) is 0 Å². The molecule has 2 aromatic rings. The van der Waals surface area contributed by atoms with E-state index in [0.29, 0.717) is 19.6 Å². The minimum absolute atomic E-state index is 0.121. The van der Waals surface area contributed by atoms with Crippen LogP contribution in [0.15, 0.2) is 54.6 Å². The first-order valence-electron chi connectivity index (χ1n) is 8.82. The van der Waals surface area contributed by atoms with Crippen molar-refractivity contribution in [3.63, 3.8) is 0 Å². The third-order valence-corrected chi connectivity index (χ3v) is 4.14.